The number of carboxylic acids is 1. The maximum Gasteiger partial charge on any atom is 0.0645 e. The fraction of sp³-hybridized carbons (Fsp3) is 0.450. The number of carboxylic acid groups (broad SMARTS) is 1. The van der Waals surface area contributed by atoms with Gasteiger partial charge in [0, 0.05) is 0 Å². The molecule has 0 unspecified atom stereocenters. The highest BCUT2D eigenvalue weighted by molar-refractivity contribution is 5.79. The molecule has 22 heavy (non-hydrogen) atoms. The molecular formula is C20H27O2-. The highest BCUT2D eigenvalue weighted by atomic mass is 16.4. The zero-order valence-corrected chi connectivity index (χ0v) is 14.4. The fourth-order valence-corrected chi connectivity index (χ4v) is 2.87. The lowest BCUT2D eigenvalue weighted by Gasteiger charge is -2.32. The molecule has 1 rings (SSSR count). The second kappa shape index (κ2) is 7.98. The molecule has 2 nitrogen and oxygen atoms in total. The van der Waals surface area contributed by atoms with Crippen LogP contribution in [0.15, 0.2) is 58.7 Å². The Kier molecular flexibility index (Phi) is 6.61. The predicted molar refractivity (Wildman–Crippen MR) is 91.1 cm³/mol. The summed E-state index contributed by atoms with van der Waals surface area (Å²) in [7, 11) is 0. The summed E-state index contributed by atoms with van der Waals surface area (Å²) in [5.41, 5.74) is 4.99. The van der Waals surface area contributed by atoms with E-state index in [4.69, 9.17) is 0 Å². The average molecular weight is 299 g/mol. The zero-order valence-electron chi connectivity index (χ0n) is 14.4. The highest BCUT2D eigenvalue weighted by Gasteiger charge is 2.26. The van der Waals surface area contributed by atoms with E-state index in [2.05, 4.69) is 32.9 Å². The van der Waals surface area contributed by atoms with Gasteiger partial charge in [-0.2, -0.15) is 0 Å². The summed E-state index contributed by atoms with van der Waals surface area (Å²) in [6.45, 7) is 10.6. The quantitative estimate of drug-likeness (QED) is 0.562. The molecule has 1 aliphatic rings. The molecule has 1 aliphatic carbocycles. The van der Waals surface area contributed by atoms with E-state index >= 15 is 0 Å². The first-order valence-corrected chi connectivity index (χ1v) is 7.85. The maximum absolute atomic E-state index is 10.4. The van der Waals surface area contributed by atoms with Crippen LogP contribution in [0.4, 0.5) is 0 Å². The van der Waals surface area contributed by atoms with E-state index in [1.165, 1.54) is 30.4 Å². The second-order valence-corrected chi connectivity index (χ2v) is 6.74. The largest absolute Gasteiger partial charge is 0.545 e. The minimum absolute atomic E-state index is 0.253. The first-order valence-electron chi connectivity index (χ1n) is 7.85. The van der Waals surface area contributed by atoms with Gasteiger partial charge in [-0.05, 0) is 62.7 Å². The topological polar surface area (TPSA) is 40.1 Å². The van der Waals surface area contributed by atoms with Crippen molar-refractivity contribution in [1.29, 1.82) is 0 Å². The third kappa shape index (κ3) is 5.88. The average Bonchev–Trinajstić information content (AvgIpc) is 2.36. The molecule has 0 fully saturated rings. The Bertz CT molecular complexity index is 567. The van der Waals surface area contributed by atoms with Gasteiger partial charge < -0.3 is 9.90 Å². The van der Waals surface area contributed by atoms with Crippen molar-refractivity contribution >= 4 is 5.97 Å². The van der Waals surface area contributed by atoms with Gasteiger partial charge in [0.25, 0.3) is 0 Å². The Morgan fingerprint density at radius 2 is 1.86 bits per heavy atom. The Balaban J connectivity index is 2.79. The van der Waals surface area contributed by atoms with Crippen LogP contribution in [0.3, 0.4) is 0 Å². The number of aliphatic carboxylic acids is 1. The minimum atomic E-state index is -1.16. The van der Waals surface area contributed by atoms with Gasteiger partial charge in [0.15, 0.2) is 0 Å². The van der Waals surface area contributed by atoms with E-state index in [9.17, 15) is 9.90 Å². The molecule has 0 bridgehead atoms. The van der Waals surface area contributed by atoms with E-state index in [1.54, 1.807) is 13.0 Å². The van der Waals surface area contributed by atoms with Gasteiger partial charge in [-0.3, -0.25) is 0 Å². The van der Waals surface area contributed by atoms with Crippen molar-refractivity contribution < 1.29 is 9.90 Å². The van der Waals surface area contributed by atoms with Gasteiger partial charge in [-0.25, -0.2) is 0 Å². The van der Waals surface area contributed by atoms with E-state index in [-0.39, 0.29) is 5.41 Å². The zero-order chi connectivity index (χ0) is 16.8. The lowest BCUT2D eigenvalue weighted by molar-refractivity contribution is -0.297. The molecule has 0 radical (unpaired) electrons. The first kappa shape index (κ1) is 18.2. The minimum Gasteiger partial charge on any atom is -0.545 e. The molecule has 0 aromatic carbocycles. The second-order valence-electron chi connectivity index (χ2n) is 6.74. The van der Waals surface area contributed by atoms with Crippen LogP contribution in [0.1, 0.15) is 53.9 Å². The Morgan fingerprint density at radius 3 is 2.45 bits per heavy atom. The summed E-state index contributed by atoms with van der Waals surface area (Å²) in [4.78, 5) is 10.4. The molecule has 0 atom stereocenters. The maximum atomic E-state index is 10.4. The lowest BCUT2D eigenvalue weighted by Crippen LogP contribution is -2.19. The van der Waals surface area contributed by atoms with Gasteiger partial charge in [-0.15, -0.1) is 0 Å². The van der Waals surface area contributed by atoms with E-state index in [0.29, 0.717) is 5.57 Å². The van der Waals surface area contributed by atoms with Gasteiger partial charge in [-0.1, -0.05) is 55.4 Å². The summed E-state index contributed by atoms with van der Waals surface area (Å²) < 4.78 is 0. The summed E-state index contributed by atoms with van der Waals surface area (Å²) in [6, 6.07) is 0. The van der Waals surface area contributed by atoms with Gasteiger partial charge >= 0.3 is 0 Å². The van der Waals surface area contributed by atoms with Crippen molar-refractivity contribution in [1.82, 2.24) is 0 Å². The highest BCUT2D eigenvalue weighted by Crippen LogP contribution is 2.40. The molecule has 0 spiro atoms. The SMILES string of the molecule is CC1=C(/C=C/C(C)=C/C=C\C(C)=C\C(=O)[O-])C(C)(C)CCC1. The predicted octanol–water partition coefficient (Wildman–Crippen LogP) is 4.27. The summed E-state index contributed by atoms with van der Waals surface area (Å²) in [6.07, 6.45) is 14.8. The van der Waals surface area contributed by atoms with Crippen LogP contribution in [-0.2, 0) is 4.79 Å². The van der Waals surface area contributed by atoms with E-state index in [1.807, 2.05) is 19.1 Å². The van der Waals surface area contributed by atoms with Crippen molar-refractivity contribution in [3.05, 3.63) is 58.7 Å². The molecule has 0 aromatic heterocycles. The number of hydrogen-bond acceptors (Lipinski definition) is 2. The van der Waals surface area contributed by atoms with E-state index < -0.39 is 5.97 Å². The molecule has 0 aliphatic heterocycles. The third-order valence-corrected chi connectivity index (χ3v) is 4.12. The van der Waals surface area contributed by atoms with Crippen molar-refractivity contribution in [3.63, 3.8) is 0 Å². The molecule has 0 N–H and O–H groups in total. The molecule has 0 aromatic rings. The molecule has 0 heterocycles. The number of rotatable bonds is 5. The lowest BCUT2D eigenvalue weighted by atomic mass is 9.72. The van der Waals surface area contributed by atoms with E-state index in [0.717, 1.165) is 11.6 Å². The van der Waals surface area contributed by atoms with Crippen LogP contribution < -0.4 is 5.11 Å². The van der Waals surface area contributed by atoms with Gasteiger partial charge in [0.1, 0.15) is 0 Å². The van der Waals surface area contributed by atoms with Crippen LogP contribution in [0, 0.1) is 5.41 Å². The first-order chi connectivity index (χ1) is 10.2. The van der Waals surface area contributed by atoms with Crippen molar-refractivity contribution in [2.45, 2.75) is 53.9 Å². The van der Waals surface area contributed by atoms with Crippen LogP contribution in [0.25, 0.3) is 0 Å². The Labute approximate surface area is 134 Å². The molecule has 0 amide bonds. The summed E-state index contributed by atoms with van der Waals surface area (Å²) in [5, 5.41) is 10.4. The van der Waals surface area contributed by atoms with Gasteiger partial charge in [0.05, 0.1) is 5.97 Å². The number of allylic oxidation sites excluding steroid dienone is 9. The molecule has 120 valence electrons. The van der Waals surface area contributed by atoms with Crippen molar-refractivity contribution in [2.24, 2.45) is 5.41 Å². The standard InChI is InChI=1S/C20H28O2/c1-15(8-6-9-16(2)14-19(21)22)11-12-18-17(3)10-7-13-20(18,4)5/h6,8-9,11-12,14H,7,10,13H2,1-5H3,(H,21,22)/p-1/b9-6-,12-11+,15-8+,16-14+. The normalized spacial score (nSPS) is 20.2. The smallest absolute Gasteiger partial charge is 0.0645 e. The van der Waals surface area contributed by atoms with Crippen LogP contribution in [0.2, 0.25) is 0 Å². The van der Waals surface area contributed by atoms with Crippen LogP contribution >= 0.6 is 0 Å². The monoisotopic (exact) mass is 299 g/mol. The number of hydrogen-bond donors (Lipinski definition) is 0. The Morgan fingerprint density at radius 1 is 1.18 bits per heavy atom. The molecule has 0 saturated heterocycles. The molecule has 2 heteroatoms. The summed E-state index contributed by atoms with van der Waals surface area (Å²) in [5.74, 6) is -1.16. The summed E-state index contributed by atoms with van der Waals surface area (Å²) >= 11 is 0. The number of carbonyl (C=O) groups is 1. The third-order valence-electron chi connectivity index (χ3n) is 4.12. The molecular weight excluding hydrogens is 272 g/mol. The van der Waals surface area contributed by atoms with Crippen LogP contribution in [-0.4, -0.2) is 5.97 Å². The van der Waals surface area contributed by atoms with Crippen molar-refractivity contribution in [2.75, 3.05) is 0 Å². The molecule has 0 saturated carbocycles. The van der Waals surface area contributed by atoms with Crippen LogP contribution in [0.5, 0.6) is 0 Å². The Hall–Kier alpha value is -1.83. The van der Waals surface area contributed by atoms with Gasteiger partial charge in [0.2, 0.25) is 0 Å². The fourth-order valence-electron chi connectivity index (χ4n) is 2.87. The number of carbonyl (C=O) groups excluding carboxylic acids is 1. The van der Waals surface area contributed by atoms with Crippen molar-refractivity contribution in [3.8, 4) is 0 Å².